The van der Waals surface area contributed by atoms with Gasteiger partial charge in [-0.3, -0.25) is 4.98 Å². The van der Waals surface area contributed by atoms with Crippen LogP contribution in [0.5, 0.6) is 0 Å². The highest BCUT2D eigenvalue weighted by Gasteiger charge is 2.17. The second kappa shape index (κ2) is 2.62. The summed E-state index contributed by atoms with van der Waals surface area (Å²) < 4.78 is 0. The average Bonchev–Trinajstić information content (AvgIpc) is 1.83. The molecule has 4 nitrogen and oxygen atoms in total. The summed E-state index contributed by atoms with van der Waals surface area (Å²) in [6, 6.07) is 0. The summed E-state index contributed by atoms with van der Waals surface area (Å²) in [5.74, 6) is 0.405. The van der Waals surface area contributed by atoms with E-state index in [1.165, 1.54) is 6.20 Å². The molecule has 0 saturated heterocycles. The number of nitrogens with zero attached hydrogens (tertiary/aromatic N) is 1. The SMILES string of the molecule is CC(C)(C)c1cnc(=O)[nH]c1N. The predicted octanol–water partition coefficient (Wildman–Crippen LogP) is 0.650. The van der Waals surface area contributed by atoms with E-state index in [0.29, 0.717) is 5.82 Å². The number of H-pyrrole nitrogens is 1. The van der Waals surface area contributed by atoms with Crippen LogP contribution in [0.15, 0.2) is 11.0 Å². The monoisotopic (exact) mass is 167 g/mol. The molecule has 4 heteroatoms. The van der Waals surface area contributed by atoms with Gasteiger partial charge in [0, 0.05) is 11.8 Å². The Balaban J connectivity index is 3.28. The second-order valence-electron chi connectivity index (χ2n) is 3.77. The number of nitrogens with two attached hydrogens (primary N) is 1. The zero-order valence-corrected chi connectivity index (χ0v) is 7.51. The maximum absolute atomic E-state index is 10.7. The summed E-state index contributed by atoms with van der Waals surface area (Å²) in [7, 11) is 0. The maximum atomic E-state index is 10.7. The van der Waals surface area contributed by atoms with Crippen LogP contribution < -0.4 is 11.4 Å². The third-order valence-electron chi connectivity index (χ3n) is 1.65. The van der Waals surface area contributed by atoms with E-state index in [1.54, 1.807) is 0 Å². The van der Waals surface area contributed by atoms with Crippen LogP contribution in [-0.2, 0) is 5.41 Å². The number of aromatic nitrogens is 2. The van der Waals surface area contributed by atoms with Gasteiger partial charge in [-0.25, -0.2) is 9.78 Å². The minimum Gasteiger partial charge on any atom is -0.385 e. The lowest BCUT2D eigenvalue weighted by Gasteiger charge is -2.19. The van der Waals surface area contributed by atoms with Crippen LogP contribution in [0.4, 0.5) is 5.82 Å². The quantitative estimate of drug-likeness (QED) is 0.596. The van der Waals surface area contributed by atoms with Crippen molar-refractivity contribution in [3.8, 4) is 0 Å². The van der Waals surface area contributed by atoms with Gasteiger partial charge in [-0.1, -0.05) is 20.8 Å². The molecule has 12 heavy (non-hydrogen) atoms. The van der Waals surface area contributed by atoms with Gasteiger partial charge in [-0.2, -0.15) is 0 Å². The van der Waals surface area contributed by atoms with E-state index in [9.17, 15) is 4.79 Å². The van der Waals surface area contributed by atoms with E-state index in [4.69, 9.17) is 5.73 Å². The topological polar surface area (TPSA) is 71.8 Å². The van der Waals surface area contributed by atoms with Gasteiger partial charge in [0.05, 0.1) is 0 Å². The first-order valence-electron chi connectivity index (χ1n) is 3.76. The molecule has 0 unspecified atom stereocenters. The van der Waals surface area contributed by atoms with Crippen molar-refractivity contribution < 1.29 is 0 Å². The minimum absolute atomic E-state index is 0.0821. The standard InChI is InChI=1S/C8H13N3O/c1-8(2,3)5-4-10-7(12)11-6(5)9/h4H,1-3H3,(H3,9,10,11,12). The first-order valence-corrected chi connectivity index (χ1v) is 3.76. The molecule has 0 aliphatic carbocycles. The van der Waals surface area contributed by atoms with Crippen LogP contribution in [0.1, 0.15) is 26.3 Å². The number of nitrogens with one attached hydrogen (secondary N) is 1. The predicted molar refractivity (Wildman–Crippen MR) is 48.0 cm³/mol. The number of aromatic amines is 1. The molecule has 3 N–H and O–H groups in total. The first kappa shape index (κ1) is 8.77. The highest BCUT2D eigenvalue weighted by Crippen LogP contribution is 2.23. The molecule has 0 aliphatic heterocycles. The molecule has 0 spiro atoms. The van der Waals surface area contributed by atoms with Gasteiger partial charge in [0.15, 0.2) is 0 Å². The van der Waals surface area contributed by atoms with Crippen molar-refractivity contribution in [1.29, 1.82) is 0 Å². The molecular formula is C8H13N3O. The fraction of sp³-hybridized carbons (Fsp3) is 0.500. The van der Waals surface area contributed by atoms with Crippen LogP contribution in [0, 0.1) is 0 Å². The summed E-state index contributed by atoms with van der Waals surface area (Å²) in [6.07, 6.45) is 1.52. The van der Waals surface area contributed by atoms with Crippen molar-refractivity contribution in [2.24, 2.45) is 0 Å². The van der Waals surface area contributed by atoms with E-state index in [2.05, 4.69) is 9.97 Å². The van der Waals surface area contributed by atoms with Gasteiger partial charge in [-0.15, -0.1) is 0 Å². The van der Waals surface area contributed by atoms with Crippen LogP contribution in [0.25, 0.3) is 0 Å². The van der Waals surface area contributed by atoms with E-state index in [1.807, 2.05) is 20.8 Å². The molecule has 1 heterocycles. The van der Waals surface area contributed by atoms with Gasteiger partial charge in [0.2, 0.25) is 0 Å². The van der Waals surface area contributed by atoms with Crippen molar-refractivity contribution in [3.05, 3.63) is 22.2 Å². The Kier molecular flexibility index (Phi) is 1.92. The van der Waals surface area contributed by atoms with Crippen molar-refractivity contribution in [2.45, 2.75) is 26.2 Å². The summed E-state index contributed by atoms with van der Waals surface area (Å²) in [5, 5.41) is 0. The minimum atomic E-state index is -0.402. The number of hydrogen-bond acceptors (Lipinski definition) is 3. The zero-order chi connectivity index (χ0) is 9.35. The molecule has 0 saturated carbocycles. The van der Waals surface area contributed by atoms with Crippen molar-refractivity contribution in [3.63, 3.8) is 0 Å². The Morgan fingerprint density at radius 2 is 2.08 bits per heavy atom. The van der Waals surface area contributed by atoms with Gasteiger partial charge in [0.25, 0.3) is 0 Å². The molecule has 0 amide bonds. The molecule has 0 atom stereocenters. The Labute approximate surface area is 70.8 Å². The zero-order valence-electron chi connectivity index (χ0n) is 7.51. The van der Waals surface area contributed by atoms with E-state index >= 15 is 0 Å². The van der Waals surface area contributed by atoms with Crippen LogP contribution in [0.3, 0.4) is 0 Å². The summed E-state index contributed by atoms with van der Waals surface area (Å²) in [5.41, 5.74) is 5.99. The van der Waals surface area contributed by atoms with Gasteiger partial charge < -0.3 is 5.73 Å². The van der Waals surface area contributed by atoms with E-state index < -0.39 is 5.69 Å². The lowest BCUT2D eigenvalue weighted by atomic mass is 9.88. The molecule has 0 aromatic carbocycles. The first-order chi connectivity index (χ1) is 5.41. The lowest BCUT2D eigenvalue weighted by molar-refractivity contribution is 0.586. The summed E-state index contributed by atoms with van der Waals surface area (Å²) in [4.78, 5) is 16.8. The highest BCUT2D eigenvalue weighted by molar-refractivity contribution is 5.41. The molecule has 0 radical (unpaired) electrons. The number of rotatable bonds is 0. The van der Waals surface area contributed by atoms with Crippen molar-refractivity contribution in [1.82, 2.24) is 9.97 Å². The molecule has 1 rings (SSSR count). The highest BCUT2D eigenvalue weighted by atomic mass is 16.1. The molecule has 0 aliphatic rings. The number of hydrogen-bond donors (Lipinski definition) is 2. The Morgan fingerprint density at radius 3 is 2.50 bits per heavy atom. The van der Waals surface area contributed by atoms with E-state index in [0.717, 1.165) is 5.56 Å². The third-order valence-corrected chi connectivity index (χ3v) is 1.65. The number of nitrogen functional groups attached to an aromatic ring is 1. The van der Waals surface area contributed by atoms with Crippen LogP contribution in [0.2, 0.25) is 0 Å². The Hall–Kier alpha value is -1.32. The van der Waals surface area contributed by atoms with Crippen LogP contribution >= 0.6 is 0 Å². The van der Waals surface area contributed by atoms with Crippen molar-refractivity contribution >= 4 is 5.82 Å². The Morgan fingerprint density at radius 1 is 1.50 bits per heavy atom. The molecule has 66 valence electrons. The summed E-state index contributed by atoms with van der Waals surface area (Å²) >= 11 is 0. The normalized spacial score (nSPS) is 11.6. The molecule has 0 fully saturated rings. The van der Waals surface area contributed by atoms with Crippen molar-refractivity contribution in [2.75, 3.05) is 5.73 Å². The maximum Gasteiger partial charge on any atom is 0.346 e. The fourth-order valence-electron chi connectivity index (χ4n) is 1.01. The molecule has 0 bridgehead atoms. The summed E-state index contributed by atoms with van der Waals surface area (Å²) in [6.45, 7) is 6.04. The second-order valence-corrected chi connectivity index (χ2v) is 3.77. The lowest BCUT2D eigenvalue weighted by Crippen LogP contribution is -2.21. The third kappa shape index (κ3) is 1.64. The molecule has 1 aromatic rings. The van der Waals surface area contributed by atoms with E-state index in [-0.39, 0.29) is 5.41 Å². The van der Waals surface area contributed by atoms with Crippen LogP contribution in [-0.4, -0.2) is 9.97 Å². The van der Waals surface area contributed by atoms with Gasteiger partial charge in [0.1, 0.15) is 5.82 Å². The smallest absolute Gasteiger partial charge is 0.346 e. The molecule has 1 aromatic heterocycles. The fourth-order valence-corrected chi connectivity index (χ4v) is 1.01. The number of anilines is 1. The molecular weight excluding hydrogens is 154 g/mol. The largest absolute Gasteiger partial charge is 0.385 e. The van der Waals surface area contributed by atoms with Gasteiger partial charge in [-0.05, 0) is 5.41 Å². The average molecular weight is 167 g/mol. The van der Waals surface area contributed by atoms with Gasteiger partial charge >= 0.3 is 5.69 Å². The Bertz CT molecular complexity index is 335.